The van der Waals surface area contributed by atoms with E-state index in [-0.39, 0.29) is 18.3 Å². The average molecular weight is 248 g/mol. The summed E-state index contributed by atoms with van der Waals surface area (Å²) in [5, 5.41) is 2.67. The van der Waals surface area contributed by atoms with Crippen LogP contribution in [0.25, 0.3) is 0 Å². The highest BCUT2D eigenvalue weighted by Gasteiger charge is 2.18. The smallest absolute Gasteiger partial charge is 0.308 e. The molecule has 0 bridgehead atoms. The van der Waals surface area contributed by atoms with E-state index in [2.05, 4.69) is 16.9 Å². The normalized spacial score (nSPS) is 11.4. The summed E-state index contributed by atoms with van der Waals surface area (Å²) in [6.45, 7) is 5.43. The van der Waals surface area contributed by atoms with Gasteiger partial charge in [0.25, 0.3) is 0 Å². The highest BCUT2D eigenvalue weighted by atomic mass is 16.5. The van der Waals surface area contributed by atoms with Crippen LogP contribution in [0.5, 0.6) is 0 Å². The van der Waals surface area contributed by atoms with Crippen LogP contribution < -0.4 is 5.32 Å². The number of esters is 1. The maximum Gasteiger partial charge on any atom is 0.308 e. The lowest BCUT2D eigenvalue weighted by Gasteiger charge is -2.17. The zero-order valence-corrected chi connectivity index (χ0v) is 10.3. The largest absolute Gasteiger partial charge is 0.466 e. The number of hydrogen-bond donors (Lipinski definition) is 1. The monoisotopic (exact) mass is 248 g/mol. The zero-order chi connectivity index (χ0) is 13.4. The van der Waals surface area contributed by atoms with Crippen molar-refractivity contribution in [2.45, 2.75) is 19.4 Å². The van der Waals surface area contributed by atoms with E-state index in [4.69, 9.17) is 4.74 Å². The van der Waals surface area contributed by atoms with Gasteiger partial charge in [0.2, 0.25) is 5.91 Å². The summed E-state index contributed by atoms with van der Waals surface area (Å²) in [6.07, 6.45) is 4.46. The molecule has 0 aliphatic rings. The molecule has 18 heavy (non-hydrogen) atoms. The minimum atomic E-state index is -0.455. The van der Waals surface area contributed by atoms with Crippen molar-refractivity contribution in [2.75, 3.05) is 6.61 Å². The Morgan fingerprint density at radius 3 is 2.94 bits per heavy atom. The SMILES string of the molecule is C=CC(=O)N[C@H](CC(=O)OCC)c1cccnc1. The Hall–Kier alpha value is -2.17. The standard InChI is InChI=1S/C13H16N2O3/c1-3-12(16)15-11(8-13(17)18-4-2)10-6-5-7-14-9-10/h3,5-7,9,11H,1,4,8H2,2H3,(H,15,16)/t11-/m1/s1. The molecule has 0 unspecified atom stereocenters. The summed E-state index contributed by atoms with van der Waals surface area (Å²) in [7, 11) is 0. The van der Waals surface area contributed by atoms with E-state index in [9.17, 15) is 9.59 Å². The van der Waals surface area contributed by atoms with Gasteiger partial charge in [-0.05, 0) is 24.6 Å². The number of amides is 1. The number of pyridine rings is 1. The quantitative estimate of drug-likeness (QED) is 0.610. The molecule has 0 saturated heterocycles. The molecule has 1 amide bonds. The van der Waals surface area contributed by atoms with Gasteiger partial charge in [-0.2, -0.15) is 0 Å². The number of rotatable bonds is 6. The molecule has 5 heteroatoms. The Morgan fingerprint density at radius 1 is 1.61 bits per heavy atom. The van der Waals surface area contributed by atoms with Gasteiger partial charge in [0, 0.05) is 12.4 Å². The van der Waals surface area contributed by atoms with Crippen molar-refractivity contribution in [3.05, 3.63) is 42.7 Å². The van der Waals surface area contributed by atoms with Crippen LogP contribution in [0.3, 0.4) is 0 Å². The van der Waals surface area contributed by atoms with E-state index in [1.807, 2.05) is 0 Å². The Balaban J connectivity index is 2.78. The molecule has 5 nitrogen and oxygen atoms in total. The number of nitrogens with one attached hydrogen (secondary N) is 1. The Bertz CT molecular complexity index is 418. The third kappa shape index (κ3) is 4.37. The van der Waals surface area contributed by atoms with Gasteiger partial charge in [0.05, 0.1) is 19.1 Å². The first kappa shape index (κ1) is 13.9. The van der Waals surface area contributed by atoms with Crippen LogP contribution in [0.1, 0.15) is 24.9 Å². The Morgan fingerprint density at radius 2 is 2.39 bits per heavy atom. The fraction of sp³-hybridized carbons (Fsp3) is 0.308. The lowest BCUT2D eigenvalue weighted by molar-refractivity contribution is -0.143. The van der Waals surface area contributed by atoms with Gasteiger partial charge in [-0.1, -0.05) is 12.6 Å². The summed E-state index contributed by atoms with van der Waals surface area (Å²) in [6, 6.07) is 3.08. The highest BCUT2D eigenvalue weighted by Crippen LogP contribution is 2.16. The van der Waals surface area contributed by atoms with Crippen LogP contribution in [0.15, 0.2) is 37.2 Å². The van der Waals surface area contributed by atoms with Gasteiger partial charge in [0.1, 0.15) is 0 Å². The van der Waals surface area contributed by atoms with Gasteiger partial charge in [-0.25, -0.2) is 0 Å². The maximum atomic E-state index is 11.5. The van der Waals surface area contributed by atoms with E-state index >= 15 is 0 Å². The molecule has 1 rings (SSSR count). The number of carbonyl (C=O) groups excluding carboxylic acids is 2. The molecule has 1 aromatic heterocycles. The zero-order valence-electron chi connectivity index (χ0n) is 10.3. The summed E-state index contributed by atoms with van der Waals surface area (Å²) in [5.74, 6) is -0.705. The molecule has 0 spiro atoms. The molecular formula is C13H16N2O3. The Kier molecular flexibility index (Phi) is 5.57. The Labute approximate surface area is 106 Å². The van der Waals surface area contributed by atoms with Crippen LogP contribution in [-0.2, 0) is 14.3 Å². The molecule has 0 fully saturated rings. The predicted molar refractivity (Wildman–Crippen MR) is 66.6 cm³/mol. The molecule has 0 aliphatic carbocycles. The molecule has 0 aliphatic heterocycles. The second-order valence-corrected chi connectivity index (χ2v) is 3.56. The van der Waals surface area contributed by atoms with E-state index in [0.717, 1.165) is 11.6 Å². The molecule has 1 atom stereocenters. The lowest BCUT2D eigenvalue weighted by Crippen LogP contribution is -2.29. The van der Waals surface area contributed by atoms with E-state index in [1.54, 1.807) is 31.5 Å². The van der Waals surface area contributed by atoms with Crippen LogP contribution in [-0.4, -0.2) is 23.5 Å². The maximum absolute atomic E-state index is 11.5. The van der Waals surface area contributed by atoms with Crippen LogP contribution in [0, 0.1) is 0 Å². The van der Waals surface area contributed by atoms with E-state index in [1.165, 1.54) is 0 Å². The van der Waals surface area contributed by atoms with Crippen molar-refractivity contribution >= 4 is 11.9 Å². The third-order valence-corrected chi connectivity index (χ3v) is 2.26. The topological polar surface area (TPSA) is 68.3 Å². The molecule has 1 N–H and O–H groups in total. The van der Waals surface area contributed by atoms with Crippen molar-refractivity contribution in [1.82, 2.24) is 10.3 Å². The van der Waals surface area contributed by atoms with Crippen LogP contribution in [0.2, 0.25) is 0 Å². The van der Waals surface area contributed by atoms with Crippen molar-refractivity contribution in [3.63, 3.8) is 0 Å². The number of carbonyl (C=O) groups is 2. The first-order valence-corrected chi connectivity index (χ1v) is 5.65. The summed E-state index contributed by atoms with van der Waals surface area (Å²) < 4.78 is 4.87. The number of nitrogens with zero attached hydrogens (tertiary/aromatic N) is 1. The van der Waals surface area contributed by atoms with Crippen molar-refractivity contribution in [2.24, 2.45) is 0 Å². The number of aromatic nitrogens is 1. The van der Waals surface area contributed by atoms with Crippen molar-refractivity contribution in [1.29, 1.82) is 0 Å². The highest BCUT2D eigenvalue weighted by molar-refractivity contribution is 5.87. The number of ether oxygens (including phenoxy) is 1. The van der Waals surface area contributed by atoms with Crippen molar-refractivity contribution in [3.8, 4) is 0 Å². The molecule has 0 aromatic carbocycles. The fourth-order valence-corrected chi connectivity index (χ4v) is 1.45. The van der Waals surface area contributed by atoms with Crippen LogP contribution in [0.4, 0.5) is 0 Å². The average Bonchev–Trinajstić information content (AvgIpc) is 2.39. The van der Waals surface area contributed by atoms with Gasteiger partial charge in [-0.15, -0.1) is 0 Å². The molecular weight excluding hydrogens is 232 g/mol. The second kappa shape index (κ2) is 7.21. The summed E-state index contributed by atoms with van der Waals surface area (Å²) in [4.78, 5) is 26.8. The summed E-state index contributed by atoms with van der Waals surface area (Å²) >= 11 is 0. The summed E-state index contributed by atoms with van der Waals surface area (Å²) in [5.41, 5.74) is 0.751. The fourth-order valence-electron chi connectivity index (χ4n) is 1.45. The molecule has 1 aromatic rings. The lowest BCUT2D eigenvalue weighted by atomic mass is 10.1. The van der Waals surface area contributed by atoms with Gasteiger partial charge < -0.3 is 10.1 Å². The molecule has 1 heterocycles. The second-order valence-electron chi connectivity index (χ2n) is 3.56. The van der Waals surface area contributed by atoms with Gasteiger partial charge in [-0.3, -0.25) is 14.6 Å². The molecule has 0 saturated carbocycles. The minimum Gasteiger partial charge on any atom is -0.466 e. The number of hydrogen-bond acceptors (Lipinski definition) is 4. The van der Waals surface area contributed by atoms with Crippen molar-refractivity contribution < 1.29 is 14.3 Å². The van der Waals surface area contributed by atoms with E-state index in [0.29, 0.717) is 6.61 Å². The van der Waals surface area contributed by atoms with Gasteiger partial charge in [0.15, 0.2) is 0 Å². The first-order valence-electron chi connectivity index (χ1n) is 5.65. The third-order valence-electron chi connectivity index (χ3n) is 2.26. The first-order chi connectivity index (χ1) is 8.67. The minimum absolute atomic E-state index is 0.0686. The van der Waals surface area contributed by atoms with Crippen LogP contribution >= 0.6 is 0 Å². The van der Waals surface area contributed by atoms with Gasteiger partial charge >= 0.3 is 5.97 Å². The van der Waals surface area contributed by atoms with E-state index < -0.39 is 6.04 Å². The predicted octanol–water partition coefficient (Wildman–Crippen LogP) is 1.38. The molecule has 96 valence electrons. The molecule has 0 radical (unpaired) electrons.